The Hall–Kier alpha value is -1.10. The van der Waals surface area contributed by atoms with Crippen molar-refractivity contribution in [1.82, 2.24) is 0 Å². The first kappa shape index (κ1) is 18.7. The van der Waals surface area contributed by atoms with E-state index in [1.54, 1.807) is 17.6 Å². The zero-order valence-corrected chi connectivity index (χ0v) is 18.4. The standard InChI is InChI=1S/C19H14I2N2OS/c1-2-7-24-18-12(8-13(20)9-16(18)21)11-23-19-15(10-22)14-5-3-4-6-17(14)25-19/h1,8-9,11H,3-7H2. The number of halogens is 2. The number of rotatable bonds is 4. The molecule has 1 aliphatic rings. The van der Waals surface area contributed by atoms with Crippen molar-refractivity contribution in [2.24, 2.45) is 4.99 Å². The highest BCUT2D eigenvalue weighted by Gasteiger charge is 2.20. The molecule has 0 bridgehead atoms. The van der Waals surface area contributed by atoms with Crippen LogP contribution in [-0.2, 0) is 12.8 Å². The van der Waals surface area contributed by atoms with Gasteiger partial charge in [-0.2, -0.15) is 5.26 Å². The summed E-state index contributed by atoms with van der Waals surface area (Å²) in [4.78, 5) is 5.95. The van der Waals surface area contributed by atoms with Gasteiger partial charge in [-0.05, 0) is 88.6 Å². The average Bonchev–Trinajstić information content (AvgIpc) is 2.96. The van der Waals surface area contributed by atoms with Crippen molar-refractivity contribution in [2.45, 2.75) is 25.7 Å². The van der Waals surface area contributed by atoms with E-state index in [1.807, 2.05) is 12.1 Å². The van der Waals surface area contributed by atoms with Gasteiger partial charge in [0.1, 0.15) is 23.4 Å². The molecule has 1 aromatic carbocycles. The molecule has 2 aromatic rings. The predicted molar refractivity (Wildman–Crippen MR) is 119 cm³/mol. The maximum atomic E-state index is 9.55. The fourth-order valence-corrected chi connectivity index (χ4v) is 6.06. The van der Waals surface area contributed by atoms with Crippen LogP contribution in [0.25, 0.3) is 0 Å². The van der Waals surface area contributed by atoms with Crippen LogP contribution in [0.5, 0.6) is 5.75 Å². The van der Waals surface area contributed by atoms with Crippen LogP contribution in [0.15, 0.2) is 17.1 Å². The first-order chi connectivity index (χ1) is 12.1. The minimum absolute atomic E-state index is 0.216. The van der Waals surface area contributed by atoms with Gasteiger partial charge < -0.3 is 4.74 Å². The van der Waals surface area contributed by atoms with Gasteiger partial charge in [0, 0.05) is 20.2 Å². The molecule has 0 fully saturated rings. The summed E-state index contributed by atoms with van der Waals surface area (Å²) in [7, 11) is 0. The van der Waals surface area contributed by atoms with Gasteiger partial charge in [0.25, 0.3) is 0 Å². The molecule has 126 valence electrons. The molecule has 1 heterocycles. The van der Waals surface area contributed by atoms with E-state index in [1.165, 1.54) is 16.9 Å². The van der Waals surface area contributed by atoms with E-state index in [-0.39, 0.29) is 6.61 Å². The monoisotopic (exact) mass is 572 g/mol. The van der Waals surface area contributed by atoms with Crippen molar-refractivity contribution in [3.05, 3.63) is 40.8 Å². The number of nitrogens with zero attached hydrogens (tertiary/aromatic N) is 2. The van der Waals surface area contributed by atoms with Gasteiger partial charge in [-0.25, -0.2) is 4.99 Å². The zero-order chi connectivity index (χ0) is 17.8. The summed E-state index contributed by atoms with van der Waals surface area (Å²) in [5.74, 6) is 3.24. The third-order valence-electron chi connectivity index (χ3n) is 3.92. The zero-order valence-electron chi connectivity index (χ0n) is 13.3. The van der Waals surface area contributed by atoms with Gasteiger partial charge in [0.2, 0.25) is 0 Å². The van der Waals surface area contributed by atoms with Crippen molar-refractivity contribution in [3.8, 4) is 24.2 Å². The van der Waals surface area contributed by atoms with Crippen LogP contribution in [-0.4, -0.2) is 12.8 Å². The van der Waals surface area contributed by atoms with Crippen LogP contribution in [0.3, 0.4) is 0 Å². The first-order valence-corrected chi connectivity index (χ1v) is 10.8. The van der Waals surface area contributed by atoms with Crippen molar-refractivity contribution in [3.63, 3.8) is 0 Å². The summed E-state index contributed by atoms with van der Waals surface area (Å²) in [6.45, 7) is 0.216. The molecule has 0 N–H and O–H groups in total. The highest BCUT2D eigenvalue weighted by molar-refractivity contribution is 14.1. The summed E-state index contributed by atoms with van der Waals surface area (Å²) in [6, 6.07) is 6.40. The lowest BCUT2D eigenvalue weighted by molar-refractivity contribution is 0.367. The van der Waals surface area contributed by atoms with Crippen molar-refractivity contribution in [2.75, 3.05) is 6.61 Å². The molecule has 0 unspecified atom stereocenters. The van der Waals surface area contributed by atoms with Crippen molar-refractivity contribution >= 4 is 67.7 Å². The number of ether oxygens (including phenoxy) is 1. The summed E-state index contributed by atoms with van der Waals surface area (Å²) in [5, 5.41) is 10.4. The normalized spacial score (nSPS) is 13.3. The van der Waals surface area contributed by atoms with Gasteiger partial charge in [0.05, 0.1) is 9.13 Å². The Kier molecular flexibility index (Phi) is 6.37. The Bertz CT molecular complexity index is 919. The molecule has 1 aliphatic carbocycles. The summed E-state index contributed by atoms with van der Waals surface area (Å²) >= 11 is 6.15. The van der Waals surface area contributed by atoms with E-state index in [4.69, 9.17) is 11.2 Å². The smallest absolute Gasteiger partial charge is 0.148 e. The third-order valence-corrected chi connectivity index (χ3v) is 6.55. The van der Waals surface area contributed by atoms with Crippen molar-refractivity contribution < 1.29 is 4.74 Å². The molecule has 0 saturated heterocycles. The van der Waals surface area contributed by atoms with Gasteiger partial charge in [0.15, 0.2) is 0 Å². The van der Waals surface area contributed by atoms with Gasteiger partial charge in [-0.1, -0.05) is 5.92 Å². The van der Waals surface area contributed by atoms with E-state index in [2.05, 4.69) is 62.2 Å². The fraction of sp³-hybridized carbons (Fsp3) is 0.263. The Morgan fingerprint density at radius 3 is 2.88 bits per heavy atom. The first-order valence-electron chi connectivity index (χ1n) is 7.78. The number of aryl methyl sites for hydroxylation is 1. The second-order valence-electron chi connectivity index (χ2n) is 5.56. The number of nitriles is 1. The van der Waals surface area contributed by atoms with Gasteiger partial charge in [-0.3, -0.25) is 0 Å². The predicted octanol–water partition coefficient (Wildman–Crippen LogP) is 5.47. The van der Waals surface area contributed by atoms with E-state index in [0.29, 0.717) is 0 Å². The minimum Gasteiger partial charge on any atom is -0.479 e. The van der Waals surface area contributed by atoms with Crippen LogP contribution in [0.4, 0.5) is 5.00 Å². The molecule has 0 aliphatic heterocycles. The molecule has 0 radical (unpaired) electrons. The molecular formula is C19H14I2N2OS. The van der Waals surface area contributed by atoms with Crippen LogP contribution in [0.1, 0.15) is 34.4 Å². The van der Waals surface area contributed by atoms with Crippen LogP contribution >= 0.6 is 56.5 Å². The average molecular weight is 572 g/mol. The molecule has 0 saturated carbocycles. The second kappa shape index (κ2) is 8.52. The number of hydrogen-bond donors (Lipinski definition) is 0. The number of benzene rings is 1. The number of fused-ring (bicyclic) bond motifs is 1. The Labute approximate surface area is 178 Å². The summed E-state index contributed by atoms with van der Waals surface area (Å²) in [5.41, 5.74) is 2.82. The quantitative estimate of drug-likeness (QED) is 0.277. The third kappa shape index (κ3) is 4.18. The molecule has 3 nitrogen and oxygen atoms in total. The largest absolute Gasteiger partial charge is 0.479 e. The fourth-order valence-electron chi connectivity index (χ4n) is 2.83. The SMILES string of the molecule is C#CCOc1c(I)cc(I)cc1C=Nc1sc2c(c1C#N)CCCC2. The lowest BCUT2D eigenvalue weighted by Crippen LogP contribution is -2.00. The van der Waals surface area contributed by atoms with Crippen LogP contribution in [0.2, 0.25) is 0 Å². The van der Waals surface area contributed by atoms with Gasteiger partial charge >= 0.3 is 0 Å². The Morgan fingerprint density at radius 1 is 1.32 bits per heavy atom. The molecular weight excluding hydrogens is 558 g/mol. The maximum Gasteiger partial charge on any atom is 0.148 e. The van der Waals surface area contributed by atoms with E-state index >= 15 is 0 Å². The van der Waals surface area contributed by atoms with E-state index in [9.17, 15) is 5.26 Å². The molecule has 0 spiro atoms. The molecule has 6 heteroatoms. The number of thiophene rings is 1. The molecule has 25 heavy (non-hydrogen) atoms. The molecule has 0 atom stereocenters. The minimum atomic E-state index is 0.216. The molecule has 3 rings (SSSR count). The maximum absolute atomic E-state index is 9.55. The van der Waals surface area contributed by atoms with E-state index < -0.39 is 0 Å². The van der Waals surface area contributed by atoms with Crippen LogP contribution < -0.4 is 4.74 Å². The number of terminal acetylenes is 1. The van der Waals surface area contributed by atoms with E-state index in [0.717, 1.165) is 48.3 Å². The highest BCUT2D eigenvalue weighted by atomic mass is 127. The molecule has 0 amide bonds. The number of hydrogen-bond acceptors (Lipinski definition) is 4. The lowest BCUT2D eigenvalue weighted by Gasteiger charge is -2.09. The Balaban J connectivity index is 1.99. The summed E-state index contributed by atoms with van der Waals surface area (Å²) in [6.07, 6.45) is 11.5. The summed E-state index contributed by atoms with van der Waals surface area (Å²) < 4.78 is 7.79. The number of aliphatic imine (C=N–C) groups is 1. The van der Waals surface area contributed by atoms with Crippen LogP contribution in [0, 0.1) is 30.8 Å². The topological polar surface area (TPSA) is 45.4 Å². The van der Waals surface area contributed by atoms with Gasteiger partial charge in [-0.15, -0.1) is 17.8 Å². The second-order valence-corrected chi connectivity index (χ2v) is 9.05. The molecule has 1 aromatic heterocycles. The highest BCUT2D eigenvalue weighted by Crippen LogP contribution is 2.39. The van der Waals surface area contributed by atoms with Crippen molar-refractivity contribution in [1.29, 1.82) is 5.26 Å². The Morgan fingerprint density at radius 2 is 2.12 bits per heavy atom. The lowest BCUT2D eigenvalue weighted by atomic mass is 9.96.